The van der Waals surface area contributed by atoms with Crippen LogP contribution in [0.2, 0.25) is 0 Å². The van der Waals surface area contributed by atoms with Crippen LogP contribution in [0.15, 0.2) is 71.5 Å². The van der Waals surface area contributed by atoms with Crippen molar-refractivity contribution in [3.8, 4) is 11.5 Å². The van der Waals surface area contributed by atoms with Crippen molar-refractivity contribution in [3.05, 3.63) is 98.3 Å². The molecule has 5 aromatic rings. The van der Waals surface area contributed by atoms with Gasteiger partial charge in [-0.25, -0.2) is 9.38 Å². The predicted molar refractivity (Wildman–Crippen MR) is 129 cm³/mol. The van der Waals surface area contributed by atoms with E-state index in [0.717, 1.165) is 22.2 Å². The van der Waals surface area contributed by atoms with Crippen LogP contribution >= 0.6 is 11.3 Å². The summed E-state index contributed by atoms with van der Waals surface area (Å²) in [4.78, 5) is 18.3. The number of imidazole rings is 1. The molecular weight excluding hydrogens is 420 g/mol. The fourth-order valence-corrected chi connectivity index (χ4v) is 4.68. The topological polar surface area (TPSA) is 52.8 Å². The Morgan fingerprint density at radius 1 is 1.00 bits per heavy atom. The van der Waals surface area contributed by atoms with Gasteiger partial charge in [-0.05, 0) is 60.9 Å². The number of ether oxygens (including phenoxy) is 2. The highest BCUT2D eigenvalue weighted by molar-refractivity contribution is 7.15. The first kappa shape index (κ1) is 20.3. The molecule has 0 saturated carbocycles. The zero-order valence-corrected chi connectivity index (χ0v) is 18.7. The van der Waals surface area contributed by atoms with Gasteiger partial charge < -0.3 is 9.47 Å². The minimum Gasteiger partial charge on any atom is -0.490 e. The van der Waals surface area contributed by atoms with Gasteiger partial charge in [0.15, 0.2) is 16.5 Å². The lowest BCUT2D eigenvalue weighted by Crippen LogP contribution is -2.22. The van der Waals surface area contributed by atoms with E-state index in [1.807, 2.05) is 67.6 Å². The monoisotopic (exact) mass is 442 g/mol. The Bertz CT molecular complexity index is 1530. The Balaban J connectivity index is 1.49. The van der Waals surface area contributed by atoms with Crippen molar-refractivity contribution in [2.75, 3.05) is 6.61 Å². The highest BCUT2D eigenvalue weighted by Gasteiger charge is 2.12. The van der Waals surface area contributed by atoms with E-state index in [0.29, 0.717) is 34.2 Å². The van der Waals surface area contributed by atoms with Gasteiger partial charge in [-0.1, -0.05) is 53.8 Å². The molecule has 160 valence electrons. The van der Waals surface area contributed by atoms with Gasteiger partial charge in [-0.15, -0.1) is 0 Å². The van der Waals surface area contributed by atoms with E-state index in [1.54, 1.807) is 4.40 Å². The van der Waals surface area contributed by atoms with E-state index < -0.39 is 0 Å². The third-order valence-electron chi connectivity index (χ3n) is 5.35. The molecule has 6 heteroatoms. The average molecular weight is 443 g/mol. The highest BCUT2D eigenvalue weighted by atomic mass is 32.1. The third kappa shape index (κ3) is 3.74. The summed E-state index contributed by atoms with van der Waals surface area (Å²) in [6, 6.07) is 21.6. The van der Waals surface area contributed by atoms with Crippen molar-refractivity contribution < 1.29 is 9.47 Å². The van der Waals surface area contributed by atoms with E-state index in [4.69, 9.17) is 9.47 Å². The molecule has 5 rings (SSSR count). The number of hydrogen-bond donors (Lipinski definition) is 0. The van der Waals surface area contributed by atoms with Crippen LogP contribution in [0.1, 0.15) is 23.6 Å². The molecule has 0 saturated heterocycles. The first-order valence-corrected chi connectivity index (χ1v) is 11.3. The lowest BCUT2D eigenvalue weighted by atomic mass is 10.1. The first-order valence-electron chi connectivity index (χ1n) is 10.5. The quantitative estimate of drug-likeness (QED) is 0.381. The smallest absolute Gasteiger partial charge is 0.274 e. The minimum absolute atomic E-state index is 0.0588. The molecule has 0 aliphatic carbocycles. The average Bonchev–Trinajstić information content (AvgIpc) is 3.30. The largest absolute Gasteiger partial charge is 0.490 e. The molecule has 0 aliphatic heterocycles. The number of rotatable bonds is 6. The standard InChI is InChI=1S/C26H22N2O3S/c1-3-30-23-14-18(12-13-22(23)31-16-19-9-5-4-8-17(19)2)15-24-25(29)28-21-11-7-6-10-20(21)27-26(28)32-24/h4-15H,3,16H2,1-2H3. The zero-order valence-electron chi connectivity index (χ0n) is 17.9. The number of aromatic nitrogens is 2. The van der Waals surface area contributed by atoms with E-state index in [2.05, 4.69) is 24.0 Å². The Kier molecular flexibility index (Phi) is 5.37. The molecule has 2 heterocycles. The molecular formula is C26H22N2O3S. The Hall–Kier alpha value is -3.64. The van der Waals surface area contributed by atoms with Crippen molar-refractivity contribution in [1.82, 2.24) is 9.38 Å². The second kappa shape index (κ2) is 8.48. The second-order valence-electron chi connectivity index (χ2n) is 7.49. The normalized spacial score (nSPS) is 12.0. The van der Waals surface area contributed by atoms with Gasteiger partial charge in [0, 0.05) is 0 Å². The molecule has 0 amide bonds. The fraction of sp³-hybridized carbons (Fsp3) is 0.154. The summed E-state index contributed by atoms with van der Waals surface area (Å²) in [5.41, 5.74) is 4.80. The summed E-state index contributed by atoms with van der Waals surface area (Å²) >= 11 is 1.39. The fourth-order valence-electron chi connectivity index (χ4n) is 3.69. The van der Waals surface area contributed by atoms with Crippen LogP contribution in [0.5, 0.6) is 11.5 Å². The van der Waals surface area contributed by atoms with Crippen molar-refractivity contribution >= 4 is 33.4 Å². The number of benzene rings is 3. The van der Waals surface area contributed by atoms with Crippen molar-refractivity contribution in [2.24, 2.45) is 0 Å². The molecule has 2 aromatic heterocycles. The highest BCUT2D eigenvalue weighted by Crippen LogP contribution is 2.30. The van der Waals surface area contributed by atoms with Gasteiger partial charge in [-0.2, -0.15) is 0 Å². The number of hydrogen-bond acceptors (Lipinski definition) is 5. The molecule has 0 atom stereocenters. The summed E-state index contributed by atoms with van der Waals surface area (Å²) in [6.07, 6.45) is 1.88. The molecule has 0 aliphatic rings. The van der Waals surface area contributed by atoms with Crippen LogP contribution in [0.25, 0.3) is 22.1 Å². The Labute approximate surface area is 189 Å². The van der Waals surface area contributed by atoms with Crippen LogP contribution < -0.4 is 19.6 Å². The third-order valence-corrected chi connectivity index (χ3v) is 6.32. The maximum atomic E-state index is 13.0. The van der Waals surface area contributed by atoms with Crippen molar-refractivity contribution in [2.45, 2.75) is 20.5 Å². The number of thiazole rings is 1. The zero-order chi connectivity index (χ0) is 22.1. The van der Waals surface area contributed by atoms with Gasteiger partial charge in [0.1, 0.15) is 6.61 Å². The molecule has 0 spiro atoms. The van der Waals surface area contributed by atoms with E-state index in [1.165, 1.54) is 16.9 Å². The van der Waals surface area contributed by atoms with Gasteiger partial charge >= 0.3 is 0 Å². The molecule has 0 fully saturated rings. The molecule has 32 heavy (non-hydrogen) atoms. The van der Waals surface area contributed by atoms with Crippen LogP contribution in [0.3, 0.4) is 0 Å². The van der Waals surface area contributed by atoms with Gasteiger partial charge in [0.2, 0.25) is 0 Å². The first-order chi connectivity index (χ1) is 15.6. The Morgan fingerprint density at radius 3 is 2.66 bits per heavy atom. The summed E-state index contributed by atoms with van der Waals surface area (Å²) in [6.45, 7) is 5.00. The van der Waals surface area contributed by atoms with Crippen molar-refractivity contribution in [3.63, 3.8) is 0 Å². The Morgan fingerprint density at radius 2 is 1.81 bits per heavy atom. The predicted octanol–water partition coefficient (Wildman–Crippen LogP) is 4.74. The van der Waals surface area contributed by atoms with Crippen LogP contribution in [-0.2, 0) is 6.61 Å². The maximum absolute atomic E-state index is 13.0. The summed E-state index contributed by atoms with van der Waals surface area (Å²) in [5, 5.41) is 0. The molecule has 5 nitrogen and oxygen atoms in total. The summed E-state index contributed by atoms with van der Waals surface area (Å²) in [5.74, 6) is 1.34. The molecule has 3 aromatic carbocycles. The van der Waals surface area contributed by atoms with Gasteiger partial charge in [0.05, 0.1) is 22.2 Å². The van der Waals surface area contributed by atoms with Crippen LogP contribution in [0.4, 0.5) is 0 Å². The van der Waals surface area contributed by atoms with Crippen LogP contribution in [-0.4, -0.2) is 16.0 Å². The number of fused-ring (bicyclic) bond motifs is 3. The van der Waals surface area contributed by atoms with Crippen LogP contribution in [0, 0.1) is 6.92 Å². The SMILES string of the molecule is CCOc1cc(C=c2sc3nc4ccccc4n3c2=O)ccc1OCc1ccccc1C. The second-order valence-corrected chi connectivity index (χ2v) is 8.50. The lowest BCUT2D eigenvalue weighted by molar-refractivity contribution is 0.269. The molecule has 0 unspecified atom stereocenters. The number of nitrogens with zero attached hydrogens (tertiary/aromatic N) is 2. The summed E-state index contributed by atoms with van der Waals surface area (Å²) < 4.78 is 14.2. The van der Waals surface area contributed by atoms with Crippen molar-refractivity contribution in [1.29, 1.82) is 0 Å². The minimum atomic E-state index is -0.0588. The number of aryl methyl sites for hydroxylation is 1. The maximum Gasteiger partial charge on any atom is 0.274 e. The molecule has 0 radical (unpaired) electrons. The summed E-state index contributed by atoms with van der Waals surface area (Å²) in [7, 11) is 0. The lowest BCUT2D eigenvalue weighted by Gasteiger charge is -2.13. The molecule has 0 N–H and O–H groups in total. The van der Waals surface area contributed by atoms with Gasteiger partial charge in [0.25, 0.3) is 5.56 Å². The van der Waals surface area contributed by atoms with E-state index >= 15 is 0 Å². The molecule has 0 bridgehead atoms. The van der Waals surface area contributed by atoms with E-state index in [-0.39, 0.29) is 5.56 Å². The van der Waals surface area contributed by atoms with E-state index in [9.17, 15) is 4.79 Å². The number of para-hydroxylation sites is 2. The van der Waals surface area contributed by atoms with Gasteiger partial charge in [-0.3, -0.25) is 4.79 Å².